The van der Waals surface area contributed by atoms with Crippen LogP contribution in [0.2, 0.25) is 0 Å². The molecule has 0 bridgehead atoms. The Morgan fingerprint density at radius 3 is 2.45 bits per heavy atom. The first-order valence-electron chi connectivity index (χ1n) is 7.66. The third-order valence-corrected chi connectivity index (χ3v) is 3.65. The van der Waals surface area contributed by atoms with Crippen molar-refractivity contribution in [2.75, 3.05) is 13.7 Å². The third kappa shape index (κ3) is 6.45. The number of methoxy groups -OCH3 is 1. The van der Waals surface area contributed by atoms with E-state index in [0.717, 1.165) is 5.56 Å². The summed E-state index contributed by atoms with van der Waals surface area (Å²) < 4.78 is 5.37. The lowest BCUT2D eigenvalue weighted by atomic mass is 10.00. The van der Waals surface area contributed by atoms with Crippen LogP contribution in [0, 0.1) is 0 Å². The minimum absolute atomic E-state index is 0.0134. The van der Waals surface area contributed by atoms with Crippen molar-refractivity contribution in [2.24, 2.45) is 0 Å². The lowest BCUT2D eigenvalue weighted by Crippen LogP contribution is -2.45. The van der Waals surface area contributed by atoms with Crippen LogP contribution >= 0.6 is 0 Å². The summed E-state index contributed by atoms with van der Waals surface area (Å²) in [7, 11) is 1.67. The van der Waals surface area contributed by atoms with Gasteiger partial charge in [-0.3, -0.25) is 0 Å². The van der Waals surface area contributed by atoms with Crippen molar-refractivity contribution in [2.45, 2.75) is 51.3 Å². The van der Waals surface area contributed by atoms with Gasteiger partial charge in [0, 0.05) is 19.8 Å². The van der Waals surface area contributed by atoms with E-state index in [1.807, 2.05) is 51.1 Å². The van der Waals surface area contributed by atoms with Crippen LogP contribution in [-0.2, 0) is 4.74 Å². The van der Waals surface area contributed by atoms with Gasteiger partial charge < -0.3 is 20.5 Å². The molecule has 0 aromatic heterocycles. The molecule has 0 spiro atoms. The Labute approximate surface area is 133 Å². The maximum absolute atomic E-state index is 12.1. The SMILES string of the molecule is COC(C)(C)CC(C)NC(=O)N[C@H](CCO)c1ccccc1. The zero-order valence-electron chi connectivity index (χ0n) is 13.9. The number of nitrogens with one attached hydrogen (secondary N) is 2. The van der Waals surface area contributed by atoms with E-state index in [4.69, 9.17) is 4.74 Å². The van der Waals surface area contributed by atoms with Crippen molar-refractivity contribution in [3.05, 3.63) is 35.9 Å². The number of rotatable bonds is 8. The van der Waals surface area contributed by atoms with Crippen LogP contribution in [0.4, 0.5) is 4.79 Å². The Morgan fingerprint density at radius 1 is 1.27 bits per heavy atom. The van der Waals surface area contributed by atoms with Crippen LogP contribution in [0.5, 0.6) is 0 Å². The van der Waals surface area contributed by atoms with Gasteiger partial charge in [0.1, 0.15) is 0 Å². The molecule has 1 aromatic rings. The van der Waals surface area contributed by atoms with Gasteiger partial charge in [0.2, 0.25) is 0 Å². The molecule has 2 atom stereocenters. The van der Waals surface area contributed by atoms with E-state index in [1.165, 1.54) is 0 Å². The van der Waals surface area contributed by atoms with Crippen LogP contribution in [0.15, 0.2) is 30.3 Å². The summed E-state index contributed by atoms with van der Waals surface area (Å²) in [4.78, 5) is 12.1. The number of aliphatic hydroxyl groups excluding tert-OH is 1. The largest absolute Gasteiger partial charge is 0.396 e. The summed E-state index contributed by atoms with van der Waals surface area (Å²) in [5.74, 6) is 0. The Morgan fingerprint density at radius 2 is 1.91 bits per heavy atom. The fourth-order valence-electron chi connectivity index (χ4n) is 2.43. The van der Waals surface area contributed by atoms with Crippen LogP contribution in [0.1, 0.15) is 45.2 Å². The predicted molar refractivity (Wildman–Crippen MR) is 87.7 cm³/mol. The summed E-state index contributed by atoms with van der Waals surface area (Å²) in [6, 6.07) is 9.20. The minimum Gasteiger partial charge on any atom is -0.396 e. The number of hydrogen-bond donors (Lipinski definition) is 3. The van der Waals surface area contributed by atoms with Crippen LogP contribution in [0.25, 0.3) is 0 Å². The zero-order valence-corrected chi connectivity index (χ0v) is 13.9. The maximum atomic E-state index is 12.1. The smallest absolute Gasteiger partial charge is 0.315 e. The molecule has 1 unspecified atom stereocenters. The molecule has 0 heterocycles. The van der Waals surface area contributed by atoms with Gasteiger partial charge in [0.15, 0.2) is 0 Å². The summed E-state index contributed by atoms with van der Waals surface area (Å²) in [6.07, 6.45) is 1.20. The molecule has 5 nitrogen and oxygen atoms in total. The van der Waals surface area contributed by atoms with Gasteiger partial charge in [-0.25, -0.2) is 4.79 Å². The number of carbonyl (C=O) groups excluding carboxylic acids is 1. The molecular formula is C17H28N2O3. The highest BCUT2D eigenvalue weighted by molar-refractivity contribution is 5.74. The van der Waals surface area contributed by atoms with Crippen molar-refractivity contribution in [1.29, 1.82) is 0 Å². The first-order chi connectivity index (χ1) is 10.4. The van der Waals surface area contributed by atoms with Crippen LogP contribution in [-0.4, -0.2) is 36.5 Å². The van der Waals surface area contributed by atoms with E-state index < -0.39 is 0 Å². The highest BCUT2D eigenvalue weighted by Gasteiger charge is 2.22. The highest BCUT2D eigenvalue weighted by Crippen LogP contribution is 2.17. The molecule has 1 aromatic carbocycles. The lowest BCUT2D eigenvalue weighted by Gasteiger charge is -2.28. The first-order valence-corrected chi connectivity index (χ1v) is 7.66. The van der Waals surface area contributed by atoms with Crippen molar-refractivity contribution in [3.8, 4) is 0 Å². The van der Waals surface area contributed by atoms with Gasteiger partial charge in [0.05, 0.1) is 11.6 Å². The summed E-state index contributed by atoms with van der Waals surface area (Å²) >= 11 is 0. The summed E-state index contributed by atoms with van der Waals surface area (Å²) in [5.41, 5.74) is 0.702. The van der Waals surface area contributed by atoms with E-state index in [1.54, 1.807) is 7.11 Å². The van der Waals surface area contributed by atoms with Gasteiger partial charge in [0.25, 0.3) is 0 Å². The second kappa shape index (κ2) is 8.76. The van der Waals surface area contributed by atoms with Gasteiger partial charge >= 0.3 is 6.03 Å². The summed E-state index contributed by atoms with van der Waals surface area (Å²) in [5, 5.41) is 15.0. The number of urea groups is 1. The Kier molecular flexibility index (Phi) is 7.35. The molecule has 1 rings (SSSR count). The fourth-order valence-corrected chi connectivity index (χ4v) is 2.43. The molecule has 0 saturated carbocycles. The normalized spacial score (nSPS) is 14.2. The number of aliphatic hydroxyl groups is 1. The zero-order chi connectivity index (χ0) is 16.6. The van der Waals surface area contributed by atoms with E-state index in [9.17, 15) is 9.90 Å². The van der Waals surface area contributed by atoms with Gasteiger partial charge in [-0.2, -0.15) is 0 Å². The molecule has 0 saturated heterocycles. The molecule has 124 valence electrons. The van der Waals surface area contributed by atoms with Crippen molar-refractivity contribution in [1.82, 2.24) is 10.6 Å². The molecule has 0 aliphatic rings. The monoisotopic (exact) mass is 308 g/mol. The Balaban J connectivity index is 2.57. The molecule has 0 aliphatic heterocycles. The second-order valence-corrected chi connectivity index (χ2v) is 6.16. The Bertz CT molecular complexity index is 448. The molecule has 0 radical (unpaired) electrons. The molecule has 3 N–H and O–H groups in total. The second-order valence-electron chi connectivity index (χ2n) is 6.16. The highest BCUT2D eigenvalue weighted by atomic mass is 16.5. The van der Waals surface area contributed by atoms with E-state index in [0.29, 0.717) is 12.8 Å². The molecule has 22 heavy (non-hydrogen) atoms. The Hall–Kier alpha value is -1.59. The van der Waals surface area contributed by atoms with Crippen LogP contribution in [0.3, 0.4) is 0 Å². The number of hydrogen-bond acceptors (Lipinski definition) is 3. The third-order valence-electron chi connectivity index (χ3n) is 3.65. The predicted octanol–water partition coefficient (Wildman–Crippen LogP) is 2.61. The number of carbonyl (C=O) groups is 1. The van der Waals surface area contributed by atoms with E-state index >= 15 is 0 Å². The van der Waals surface area contributed by atoms with E-state index in [-0.39, 0.29) is 30.3 Å². The average molecular weight is 308 g/mol. The van der Waals surface area contributed by atoms with Gasteiger partial charge in [-0.15, -0.1) is 0 Å². The molecule has 0 fully saturated rings. The van der Waals surface area contributed by atoms with Crippen molar-refractivity contribution < 1.29 is 14.6 Å². The molecular weight excluding hydrogens is 280 g/mol. The van der Waals surface area contributed by atoms with Crippen molar-refractivity contribution in [3.63, 3.8) is 0 Å². The number of benzene rings is 1. The van der Waals surface area contributed by atoms with Gasteiger partial charge in [-0.05, 0) is 39.2 Å². The standard InChI is InChI=1S/C17H28N2O3/c1-13(12-17(2,3)22-4)18-16(21)19-15(10-11-20)14-8-6-5-7-9-14/h5-9,13,15,20H,10-12H2,1-4H3,(H2,18,19,21)/t13?,15-/m1/s1. The topological polar surface area (TPSA) is 70.6 Å². The molecule has 2 amide bonds. The number of amides is 2. The average Bonchev–Trinajstić information content (AvgIpc) is 2.47. The quantitative estimate of drug-likeness (QED) is 0.691. The first kappa shape index (κ1) is 18.5. The van der Waals surface area contributed by atoms with Crippen molar-refractivity contribution >= 4 is 6.03 Å². The van der Waals surface area contributed by atoms with E-state index in [2.05, 4.69) is 10.6 Å². The molecule has 5 heteroatoms. The minimum atomic E-state index is -0.281. The molecule has 0 aliphatic carbocycles. The van der Waals surface area contributed by atoms with Crippen LogP contribution < -0.4 is 10.6 Å². The lowest BCUT2D eigenvalue weighted by molar-refractivity contribution is 0.00948. The maximum Gasteiger partial charge on any atom is 0.315 e. The summed E-state index contributed by atoms with van der Waals surface area (Å²) in [6.45, 7) is 5.94. The number of ether oxygens (including phenoxy) is 1. The van der Waals surface area contributed by atoms with Gasteiger partial charge in [-0.1, -0.05) is 30.3 Å². The fraction of sp³-hybridized carbons (Fsp3) is 0.588.